The second kappa shape index (κ2) is 8.14. The summed E-state index contributed by atoms with van der Waals surface area (Å²) in [5.41, 5.74) is 2.21. The predicted octanol–water partition coefficient (Wildman–Crippen LogP) is 4.30. The first-order valence-corrected chi connectivity index (χ1v) is 11.8. The second-order valence-electron chi connectivity index (χ2n) is 8.95. The molecule has 1 aromatic carbocycles. The summed E-state index contributed by atoms with van der Waals surface area (Å²) in [7, 11) is 0. The number of aromatic nitrogens is 4. The normalized spacial score (nSPS) is 24.0. The van der Waals surface area contributed by atoms with Crippen LogP contribution in [0.1, 0.15) is 48.8 Å². The van der Waals surface area contributed by atoms with Gasteiger partial charge < -0.3 is 14.8 Å². The number of hydrogen-bond donors (Lipinski definition) is 1. The highest BCUT2D eigenvalue weighted by molar-refractivity contribution is 6.30. The molecule has 1 N–H and O–H groups in total. The standard InChI is InChI=1S/C24H26ClN5O2/c25-18-6-9-20-17(13-18)14-24(31-11-12-32-24)15-22-28-29-23(30(20)22)16-4-7-19(8-5-16)27-21-3-1-2-10-26-21/h1-3,6,9-10,13,16,19H,4-5,7-8,11-12,14-15H2,(H,26,27). The monoisotopic (exact) mass is 451 g/mol. The molecular formula is C24H26ClN5O2. The Balaban J connectivity index is 1.28. The van der Waals surface area contributed by atoms with E-state index >= 15 is 0 Å². The largest absolute Gasteiger partial charge is 0.367 e. The Morgan fingerprint density at radius 2 is 1.84 bits per heavy atom. The molecule has 2 fully saturated rings. The molecule has 0 radical (unpaired) electrons. The van der Waals surface area contributed by atoms with Crippen LogP contribution in [0.25, 0.3) is 5.69 Å². The van der Waals surface area contributed by atoms with Crippen molar-refractivity contribution in [1.29, 1.82) is 0 Å². The van der Waals surface area contributed by atoms with Crippen molar-refractivity contribution in [2.75, 3.05) is 18.5 Å². The van der Waals surface area contributed by atoms with Crippen LogP contribution in [0.4, 0.5) is 5.82 Å². The minimum Gasteiger partial charge on any atom is -0.367 e. The molecule has 8 heteroatoms. The molecule has 0 unspecified atom stereocenters. The topological polar surface area (TPSA) is 74.1 Å². The Labute approximate surface area is 192 Å². The minimum absolute atomic E-state index is 0.362. The van der Waals surface area contributed by atoms with Crippen molar-refractivity contribution < 1.29 is 9.47 Å². The van der Waals surface area contributed by atoms with E-state index in [0.717, 1.165) is 59.4 Å². The summed E-state index contributed by atoms with van der Waals surface area (Å²) in [4.78, 5) is 4.40. The van der Waals surface area contributed by atoms with E-state index in [4.69, 9.17) is 21.1 Å². The number of ether oxygens (including phenoxy) is 2. The Morgan fingerprint density at radius 1 is 1.00 bits per heavy atom. The number of nitrogens with one attached hydrogen (secondary N) is 1. The van der Waals surface area contributed by atoms with Crippen LogP contribution in [0.15, 0.2) is 42.6 Å². The Hall–Kier alpha value is -2.48. The molecule has 1 spiro atoms. The Bertz CT molecular complexity index is 1100. The molecule has 166 valence electrons. The van der Waals surface area contributed by atoms with Gasteiger partial charge in [-0.3, -0.25) is 4.57 Å². The summed E-state index contributed by atoms with van der Waals surface area (Å²) in [6.07, 6.45) is 7.34. The lowest BCUT2D eigenvalue weighted by molar-refractivity contribution is -0.155. The highest BCUT2D eigenvalue weighted by atomic mass is 35.5. The lowest BCUT2D eigenvalue weighted by Crippen LogP contribution is -2.35. The highest BCUT2D eigenvalue weighted by Crippen LogP contribution is 2.39. The van der Waals surface area contributed by atoms with Crippen LogP contribution in [0.3, 0.4) is 0 Å². The third kappa shape index (κ3) is 3.68. The van der Waals surface area contributed by atoms with E-state index < -0.39 is 5.79 Å². The predicted molar refractivity (Wildman–Crippen MR) is 121 cm³/mol. The number of benzene rings is 1. The lowest BCUT2D eigenvalue weighted by Gasteiger charge is -2.29. The van der Waals surface area contributed by atoms with Gasteiger partial charge in [-0.1, -0.05) is 17.7 Å². The first kappa shape index (κ1) is 20.1. The quantitative estimate of drug-likeness (QED) is 0.640. The Kier molecular flexibility index (Phi) is 5.12. The van der Waals surface area contributed by atoms with Crippen LogP contribution in [-0.4, -0.2) is 44.8 Å². The number of nitrogens with zero attached hydrogens (tertiary/aromatic N) is 4. The van der Waals surface area contributed by atoms with Crippen molar-refractivity contribution in [2.24, 2.45) is 0 Å². The molecule has 1 saturated carbocycles. The average molecular weight is 452 g/mol. The van der Waals surface area contributed by atoms with Gasteiger partial charge >= 0.3 is 0 Å². The number of pyridine rings is 1. The van der Waals surface area contributed by atoms with Gasteiger partial charge in [-0.05, 0) is 61.6 Å². The first-order valence-electron chi connectivity index (χ1n) is 11.4. The van der Waals surface area contributed by atoms with E-state index in [1.165, 1.54) is 0 Å². The zero-order valence-corrected chi connectivity index (χ0v) is 18.6. The lowest BCUT2D eigenvalue weighted by atomic mass is 9.85. The van der Waals surface area contributed by atoms with Gasteiger partial charge in [0.25, 0.3) is 0 Å². The molecule has 1 aliphatic carbocycles. The summed E-state index contributed by atoms with van der Waals surface area (Å²) in [5.74, 6) is 2.56. The van der Waals surface area contributed by atoms with E-state index in [9.17, 15) is 0 Å². The number of fused-ring (bicyclic) bond motifs is 3. The van der Waals surface area contributed by atoms with E-state index in [2.05, 4.69) is 31.1 Å². The van der Waals surface area contributed by atoms with Crippen molar-refractivity contribution in [3.8, 4) is 5.69 Å². The number of hydrogen-bond acceptors (Lipinski definition) is 6. The molecule has 0 amide bonds. The van der Waals surface area contributed by atoms with Crippen LogP contribution < -0.4 is 5.32 Å². The molecule has 0 bridgehead atoms. The van der Waals surface area contributed by atoms with Gasteiger partial charge in [0.05, 0.1) is 25.3 Å². The fourth-order valence-electron chi connectivity index (χ4n) is 5.33. The van der Waals surface area contributed by atoms with Crippen molar-refractivity contribution in [2.45, 2.75) is 56.3 Å². The zero-order valence-electron chi connectivity index (χ0n) is 17.8. The van der Waals surface area contributed by atoms with Crippen LogP contribution in [0.5, 0.6) is 0 Å². The molecule has 1 saturated heterocycles. The molecule has 6 rings (SSSR count). The summed E-state index contributed by atoms with van der Waals surface area (Å²) in [6, 6.07) is 12.5. The van der Waals surface area contributed by atoms with E-state index in [1.807, 2.05) is 36.5 Å². The first-order chi connectivity index (χ1) is 15.7. The average Bonchev–Trinajstić information content (AvgIpc) is 3.40. The van der Waals surface area contributed by atoms with Crippen LogP contribution in [0.2, 0.25) is 5.02 Å². The van der Waals surface area contributed by atoms with Gasteiger partial charge in [-0.2, -0.15) is 0 Å². The Morgan fingerprint density at radius 3 is 2.62 bits per heavy atom. The second-order valence-corrected chi connectivity index (χ2v) is 9.39. The van der Waals surface area contributed by atoms with Gasteiger partial charge in [-0.15, -0.1) is 10.2 Å². The molecular weight excluding hydrogens is 426 g/mol. The van der Waals surface area contributed by atoms with Crippen LogP contribution in [-0.2, 0) is 22.3 Å². The van der Waals surface area contributed by atoms with Crippen molar-refractivity contribution in [1.82, 2.24) is 19.7 Å². The number of anilines is 1. The number of halogens is 1. The summed E-state index contributed by atoms with van der Waals surface area (Å²) in [6.45, 7) is 1.20. The molecule has 4 heterocycles. The van der Waals surface area contributed by atoms with Crippen molar-refractivity contribution >= 4 is 17.4 Å². The molecule has 32 heavy (non-hydrogen) atoms. The fraction of sp³-hybridized carbons (Fsp3) is 0.458. The summed E-state index contributed by atoms with van der Waals surface area (Å²) in [5, 5.41) is 13.6. The maximum Gasteiger partial charge on any atom is 0.179 e. The SMILES string of the molecule is Clc1ccc2c(c1)CC1(Cc3nnc(C4CCC(Nc5ccccn5)CC4)n3-2)OCCO1. The minimum atomic E-state index is -0.678. The van der Waals surface area contributed by atoms with E-state index in [0.29, 0.717) is 38.0 Å². The zero-order chi connectivity index (χ0) is 21.5. The van der Waals surface area contributed by atoms with Crippen molar-refractivity contribution in [3.63, 3.8) is 0 Å². The summed E-state index contributed by atoms with van der Waals surface area (Å²) >= 11 is 6.36. The molecule has 7 nitrogen and oxygen atoms in total. The molecule has 3 aromatic rings. The van der Waals surface area contributed by atoms with Crippen LogP contribution >= 0.6 is 11.6 Å². The van der Waals surface area contributed by atoms with Gasteiger partial charge in [0.15, 0.2) is 5.79 Å². The van der Waals surface area contributed by atoms with Gasteiger partial charge in [0, 0.05) is 29.6 Å². The van der Waals surface area contributed by atoms with Crippen LogP contribution in [0, 0.1) is 0 Å². The fourth-order valence-corrected chi connectivity index (χ4v) is 5.53. The smallest absolute Gasteiger partial charge is 0.179 e. The molecule has 2 aliphatic heterocycles. The third-order valence-electron chi connectivity index (χ3n) is 6.85. The molecule has 3 aliphatic rings. The molecule has 2 aromatic heterocycles. The van der Waals surface area contributed by atoms with E-state index in [1.54, 1.807) is 0 Å². The number of rotatable bonds is 3. The van der Waals surface area contributed by atoms with Crippen molar-refractivity contribution in [3.05, 3.63) is 64.8 Å². The van der Waals surface area contributed by atoms with Gasteiger partial charge in [-0.25, -0.2) is 4.98 Å². The highest BCUT2D eigenvalue weighted by Gasteiger charge is 2.42. The van der Waals surface area contributed by atoms with Gasteiger partial charge in [0.1, 0.15) is 17.5 Å². The molecule has 0 atom stereocenters. The van der Waals surface area contributed by atoms with Gasteiger partial charge in [0.2, 0.25) is 0 Å². The summed E-state index contributed by atoms with van der Waals surface area (Å²) < 4.78 is 14.4. The third-order valence-corrected chi connectivity index (χ3v) is 7.08. The maximum absolute atomic E-state index is 6.36. The van der Waals surface area contributed by atoms with E-state index in [-0.39, 0.29) is 0 Å². The maximum atomic E-state index is 6.36.